The van der Waals surface area contributed by atoms with Gasteiger partial charge in [-0.2, -0.15) is 0 Å². The molecule has 4 aliphatic heterocycles. The predicted molar refractivity (Wildman–Crippen MR) is 106 cm³/mol. The monoisotopic (exact) mass is 428 g/mol. The Morgan fingerprint density at radius 3 is 2.69 bits per heavy atom. The molecule has 0 saturated carbocycles. The standard InChI is InChI=1S/C20H27F3N4OS/c1-9-19-26-25-10(2)27(19)20-15(11-8-28-7-6-14(23)18(11)29-20)17(24-9)16-12(21)4-3-5-13(16)22/h3-5,9-11,14-15,17-20,24-26H,6-8H2,1-2H3/t9-,10?,11?,14?,15?,17?,18?,19?,20?/m0/s1. The van der Waals surface area contributed by atoms with Crippen LogP contribution in [0.15, 0.2) is 18.2 Å². The van der Waals surface area contributed by atoms with Gasteiger partial charge in [0.2, 0.25) is 0 Å². The molecule has 29 heavy (non-hydrogen) atoms. The molecule has 8 unspecified atom stereocenters. The third kappa shape index (κ3) is 3.21. The quantitative estimate of drug-likeness (QED) is 0.639. The maximum Gasteiger partial charge on any atom is 0.130 e. The molecule has 4 aliphatic rings. The Kier molecular flexibility index (Phi) is 5.33. The fourth-order valence-electron chi connectivity index (χ4n) is 5.53. The zero-order valence-corrected chi connectivity index (χ0v) is 17.3. The van der Waals surface area contributed by atoms with Crippen LogP contribution in [0.5, 0.6) is 0 Å². The minimum absolute atomic E-state index is 0.0230. The zero-order chi connectivity index (χ0) is 20.3. The van der Waals surface area contributed by atoms with Gasteiger partial charge in [-0.3, -0.25) is 4.90 Å². The lowest BCUT2D eigenvalue weighted by atomic mass is 9.79. The summed E-state index contributed by atoms with van der Waals surface area (Å²) in [4.78, 5) is 2.30. The van der Waals surface area contributed by atoms with Crippen LogP contribution in [0.4, 0.5) is 13.2 Å². The van der Waals surface area contributed by atoms with Crippen molar-refractivity contribution in [2.75, 3.05) is 13.2 Å². The van der Waals surface area contributed by atoms with Gasteiger partial charge in [-0.05, 0) is 26.0 Å². The summed E-state index contributed by atoms with van der Waals surface area (Å²) in [6.07, 6.45) is -0.660. The molecule has 0 amide bonds. The summed E-state index contributed by atoms with van der Waals surface area (Å²) < 4.78 is 50.5. The molecule has 1 aromatic rings. The number of hydrazine groups is 1. The van der Waals surface area contributed by atoms with Gasteiger partial charge in [-0.15, -0.1) is 11.8 Å². The van der Waals surface area contributed by atoms with Gasteiger partial charge in [-0.25, -0.2) is 24.0 Å². The average Bonchev–Trinajstić information content (AvgIpc) is 3.15. The number of alkyl halides is 1. The average molecular weight is 429 g/mol. The van der Waals surface area contributed by atoms with Gasteiger partial charge < -0.3 is 10.1 Å². The van der Waals surface area contributed by atoms with Crippen LogP contribution in [0.1, 0.15) is 31.9 Å². The first kappa shape index (κ1) is 20.1. The summed E-state index contributed by atoms with van der Waals surface area (Å²) in [5.74, 6) is -1.44. The second kappa shape index (κ2) is 7.69. The van der Waals surface area contributed by atoms with Gasteiger partial charge in [0.05, 0.1) is 24.3 Å². The highest BCUT2D eigenvalue weighted by molar-refractivity contribution is 8.00. The minimum Gasteiger partial charge on any atom is -0.381 e. The number of halogens is 3. The zero-order valence-electron chi connectivity index (χ0n) is 16.4. The Morgan fingerprint density at radius 2 is 1.93 bits per heavy atom. The molecule has 0 aliphatic carbocycles. The van der Waals surface area contributed by atoms with Crippen LogP contribution >= 0.6 is 11.8 Å². The third-order valence-electron chi connectivity index (χ3n) is 6.86. The highest BCUT2D eigenvalue weighted by Gasteiger charge is 2.58. The first-order chi connectivity index (χ1) is 14.0. The molecule has 1 aromatic carbocycles. The number of nitrogens with zero attached hydrogens (tertiary/aromatic N) is 1. The lowest BCUT2D eigenvalue weighted by Gasteiger charge is -2.35. The number of ether oxygens (including phenoxy) is 1. The third-order valence-corrected chi connectivity index (χ3v) is 8.66. The van der Waals surface area contributed by atoms with Crippen LogP contribution in [-0.2, 0) is 4.74 Å². The van der Waals surface area contributed by atoms with Crippen molar-refractivity contribution in [2.24, 2.45) is 11.8 Å². The molecule has 5 rings (SSSR count). The summed E-state index contributed by atoms with van der Waals surface area (Å²) in [6.45, 7) is 4.87. The normalized spacial score (nSPS) is 45.2. The number of hydrogen-bond donors (Lipinski definition) is 3. The number of rotatable bonds is 1. The van der Waals surface area contributed by atoms with Gasteiger partial charge in [0, 0.05) is 47.8 Å². The number of hydrogen-bond acceptors (Lipinski definition) is 6. The molecular formula is C20H27F3N4OS. The molecule has 0 spiro atoms. The molecule has 3 N–H and O–H groups in total. The Morgan fingerprint density at radius 1 is 1.17 bits per heavy atom. The second-order valence-electron chi connectivity index (χ2n) is 8.54. The molecular weight excluding hydrogens is 401 g/mol. The van der Waals surface area contributed by atoms with Gasteiger partial charge in [0.1, 0.15) is 17.8 Å². The van der Waals surface area contributed by atoms with E-state index in [0.29, 0.717) is 19.6 Å². The van der Waals surface area contributed by atoms with Gasteiger partial charge >= 0.3 is 0 Å². The van der Waals surface area contributed by atoms with Crippen molar-refractivity contribution in [1.29, 1.82) is 0 Å². The Balaban J connectivity index is 1.63. The van der Waals surface area contributed by atoms with Crippen LogP contribution in [0, 0.1) is 23.5 Å². The van der Waals surface area contributed by atoms with E-state index in [2.05, 4.69) is 28.0 Å². The summed E-state index contributed by atoms with van der Waals surface area (Å²) >= 11 is 1.61. The predicted octanol–water partition coefficient (Wildman–Crippen LogP) is 2.51. The molecule has 9 heteroatoms. The smallest absolute Gasteiger partial charge is 0.130 e. The fourth-order valence-corrected chi connectivity index (χ4v) is 7.62. The summed E-state index contributed by atoms with van der Waals surface area (Å²) in [5, 5.41) is 3.16. The Hall–Kier alpha value is -0.840. The van der Waals surface area contributed by atoms with Crippen LogP contribution in [0.25, 0.3) is 0 Å². The van der Waals surface area contributed by atoms with Crippen LogP contribution < -0.4 is 16.2 Å². The van der Waals surface area contributed by atoms with E-state index < -0.39 is 23.8 Å². The number of thioether (sulfide) groups is 1. The molecule has 0 bridgehead atoms. The van der Waals surface area contributed by atoms with Crippen LogP contribution in [0.2, 0.25) is 0 Å². The van der Waals surface area contributed by atoms with Crippen LogP contribution in [-0.4, -0.2) is 53.3 Å². The topological polar surface area (TPSA) is 48.6 Å². The van der Waals surface area contributed by atoms with Gasteiger partial charge in [0.25, 0.3) is 0 Å². The van der Waals surface area contributed by atoms with E-state index in [4.69, 9.17) is 4.74 Å². The van der Waals surface area contributed by atoms with Crippen molar-refractivity contribution in [1.82, 2.24) is 21.1 Å². The number of fused-ring (bicyclic) bond motifs is 5. The fraction of sp³-hybridized carbons (Fsp3) is 0.700. The van der Waals surface area contributed by atoms with Crippen molar-refractivity contribution in [3.8, 4) is 0 Å². The summed E-state index contributed by atoms with van der Waals surface area (Å²) in [7, 11) is 0. The Labute approximate surface area is 173 Å². The highest BCUT2D eigenvalue weighted by atomic mass is 32.2. The van der Waals surface area contributed by atoms with Crippen molar-refractivity contribution < 1.29 is 17.9 Å². The molecule has 4 saturated heterocycles. The molecule has 0 radical (unpaired) electrons. The van der Waals surface area contributed by atoms with Crippen molar-refractivity contribution in [3.63, 3.8) is 0 Å². The molecule has 9 atom stereocenters. The molecule has 4 fully saturated rings. The molecule has 4 heterocycles. The lowest BCUT2D eigenvalue weighted by molar-refractivity contribution is 0.0681. The first-order valence-corrected chi connectivity index (χ1v) is 11.3. The van der Waals surface area contributed by atoms with Crippen molar-refractivity contribution in [2.45, 2.75) is 61.5 Å². The molecule has 160 valence electrons. The second-order valence-corrected chi connectivity index (χ2v) is 9.84. The number of benzene rings is 1. The van der Waals surface area contributed by atoms with E-state index >= 15 is 4.39 Å². The maximum absolute atomic E-state index is 15.0. The first-order valence-electron chi connectivity index (χ1n) is 10.3. The molecule has 0 aromatic heterocycles. The van der Waals surface area contributed by atoms with Gasteiger partial charge in [0.15, 0.2) is 0 Å². The number of nitrogens with one attached hydrogen (secondary N) is 3. The van der Waals surface area contributed by atoms with E-state index in [1.54, 1.807) is 11.8 Å². The molecule has 5 nitrogen and oxygen atoms in total. The van der Waals surface area contributed by atoms with Gasteiger partial charge in [-0.1, -0.05) is 6.07 Å². The lowest BCUT2D eigenvalue weighted by Crippen LogP contribution is -2.51. The minimum atomic E-state index is -0.986. The summed E-state index contributed by atoms with van der Waals surface area (Å²) in [6, 6.07) is 3.35. The van der Waals surface area contributed by atoms with Crippen molar-refractivity contribution in [3.05, 3.63) is 35.4 Å². The van der Waals surface area contributed by atoms with E-state index in [1.165, 1.54) is 18.2 Å². The van der Waals surface area contributed by atoms with E-state index in [0.717, 1.165) is 0 Å². The highest BCUT2D eigenvalue weighted by Crippen LogP contribution is 2.55. The van der Waals surface area contributed by atoms with E-state index in [1.807, 2.05) is 6.92 Å². The summed E-state index contributed by atoms with van der Waals surface area (Å²) in [5.41, 5.74) is 6.62. The van der Waals surface area contributed by atoms with Crippen molar-refractivity contribution >= 4 is 11.8 Å². The van der Waals surface area contributed by atoms with E-state index in [-0.39, 0.29) is 46.4 Å². The van der Waals surface area contributed by atoms with E-state index in [9.17, 15) is 8.78 Å². The largest absolute Gasteiger partial charge is 0.381 e. The maximum atomic E-state index is 15.0. The SMILES string of the molecule is CC1NNC2[C@H](C)NC(c3c(F)cccc3F)C3C4COCCC(F)C4SC3N12. The Bertz CT molecular complexity index is 753. The van der Waals surface area contributed by atoms with Crippen LogP contribution in [0.3, 0.4) is 0 Å².